The molecule has 3 atom stereocenters. The van der Waals surface area contributed by atoms with Crippen LogP contribution in [0.25, 0.3) is 0 Å². The van der Waals surface area contributed by atoms with Crippen LogP contribution in [0.15, 0.2) is 127 Å². The van der Waals surface area contributed by atoms with Gasteiger partial charge >= 0.3 is 0 Å². The fourth-order valence-electron chi connectivity index (χ4n) is 6.46. The Labute approximate surface area is 329 Å². The number of aliphatic hydroxyl groups is 3. The number of Topliss-reactive ketones (excluding diaryl/α,β-unsaturated/α-hetero) is 1. The lowest BCUT2D eigenvalue weighted by molar-refractivity contribution is -0.870. The summed E-state index contributed by atoms with van der Waals surface area (Å²) in [6.07, 6.45) is 20.4. The maximum Gasteiger partial charge on any atom is 0.265 e. The number of rotatable bonds is 24. The number of carbonyl (C=O) groups excluding carboxylic acids is 1. The summed E-state index contributed by atoms with van der Waals surface area (Å²) in [6.45, 7) is 2.01. The van der Waals surface area contributed by atoms with Gasteiger partial charge in [-0.15, -0.1) is 0 Å². The number of hydrogen-bond donors (Lipinski definition) is 4. The molecule has 0 aliphatic heterocycles. The number of phosphoric ester groups is 1. The maximum atomic E-state index is 14.2. The lowest BCUT2D eigenvalue weighted by Crippen LogP contribution is -2.65. The number of allylic oxidation sites excluding steroid dienone is 6. The van der Waals surface area contributed by atoms with Crippen molar-refractivity contribution >= 4 is 13.6 Å². The predicted molar refractivity (Wildman–Crippen MR) is 220 cm³/mol. The average molecular weight is 778 g/mol. The van der Waals surface area contributed by atoms with Crippen LogP contribution < -0.4 is 4.89 Å². The molecule has 3 aromatic rings. The number of likely N-dealkylation sites (N-methyl/N-ethyl adjacent to an activating group) is 1. The van der Waals surface area contributed by atoms with Gasteiger partial charge in [-0.25, -0.2) is 0 Å². The largest absolute Gasteiger partial charge is 0.756 e. The fraction of sp³-hybridized carbons (Fsp3) is 0.444. The van der Waals surface area contributed by atoms with Crippen LogP contribution in [0.1, 0.15) is 87.8 Å². The van der Waals surface area contributed by atoms with Crippen LogP contribution in [-0.2, 0) is 19.3 Å². The Morgan fingerprint density at radius 2 is 1.18 bits per heavy atom. The number of phosphoric acid groups is 1. The molecule has 0 saturated heterocycles. The quantitative estimate of drug-likeness (QED) is 0.0242. The number of hydrogen-bond acceptors (Lipinski definition) is 7. The van der Waals surface area contributed by atoms with Gasteiger partial charge in [-0.3, -0.25) is 9.36 Å². The van der Waals surface area contributed by atoms with Crippen LogP contribution >= 0.6 is 7.82 Å². The SMILES string of the molecule is CCCCC/C=C\C/C=C\C/C=C\CCCCC(=O)[C@@](O)([C@@H](O)CO)C(c1ccccc1)(c1ccccc1)c1ccccc1.C[N+](C)(C)CCOP(=O)([O-])O. The second-order valence-corrected chi connectivity index (χ2v) is 15.9. The third-order valence-electron chi connectivity index (χ3n) is 9.33. The van der Waals surface area contributed by atoms with E-state index >= 15 is 0 Å². The van der Waals surface area contributed by atoms with E-state index in [-0.39, 0.29) is 13.0 Å². The van der Waals surface area contributed by atoms with Gasteiger partial charge in [0, 0.05) is 6.42 Å². The zero-order chi connectivity index (χ0) is 40.6. The summed E-state index contributed by atoms with van der Waals surface area (Å²) in [7, 11) is 1.19. The number of benzene rings is 3. The molecular weight excluding hydrogens is 713 g/mol. The van der Waals surface area contributed by atoms with Crippen molar-refractivity contribution < 1.29 is 43.5 Å². The van der Waals surface area contributed by atoms with Gasteiger partial charge in [0.1, 0.15) is 19.3 Å². The zero-order valence-corrected chi connectivity index (χ0v) is 34.1. The van der Waals surface area contributed by atoms with E-state index in [0.29, 0.717) is 34.1 Å². The molecule has 302 valence electrons. The second kappa shape index (κ2) is 24.9. The molecule has 0 spiro atoms. The van der Waals surface area contributed by atoms with Crippen LogP contribution in [0.4, 0.5) is 0 Å². The van der Waals surface area contributed by atoms with Gasteiger partial charge in [0.2, 0.25) is 0 Å². The Morgan fingerprint density at radius 1 is 0.764 bits per heavy atom. The van der Waals surface area contributed by atoms with Crippen molar-refractivity contribution in [2.45, 2.75) is 88.3 Å². The van der Waals surface area contributed by atoms with Crippen molar-refractivity contribution in [1.82, 2.24) is 0 Å². The van der Waals surface area contributed by atoms with Crippen LogP contribution in [0, 0.1) is 0 Å². The highest BCUT2D eigenvalue weighted by atomic mass is 31.2. The molecule has 0 fully saturated rings. The number of aliphatic hydroxyl groups excluding tert-OH is 2. The van der Waals surface area contributed by atoms with E-state index < -0.39 is 37.3 Å². The minimum atomic E-state index is -4.51. The van der Waals surface area contributed by atoms with Crippen LogP contribution in [0.5, 0.6) is 0 Å². The minimum absolute atomic E-state index is 0.0147. The van der Waals surface area contributed by atoms with Crippen LogP contribution in [-0.4, -0.2) is 83.1 Å². The highest BCUT2D eigenvalue weighted by molar-refractivity contribution is 7.44. The summed E-state index contributed by atoms with van der Waals surface area (Å²) in [4.78, 5) is 32.5. The molecule has 0 heterocycles. The summed E-state index contributed by atoms with van der Waals surface area (Å²) in [5.41, 5.74) is -1.83. The van der Waals surface area contributed by atoms with Crippen molar-refractivity contribution in [2.24, 2.45) is 0 Å². The van der Waals surface area contributed by atoms with Crippen LogP contribution in [0.3, 0.4) is 0 Å². The van der Waals surface area contributed by atoms with E-state index in [0.717, 1.165) is 32.1 Å². The molecule has 3 aromatic carbocycles. The van der Waals surface area contributed by atoms with E-state index in [4.69, 9.17) is 4.89 Å². The van der Waals surface area contributed by atoms with E-state index in [1.54, 1.807) is 0 Å². The van der Waals surface area contributed by atoms with E-state index in [2.05, 4.69) is 47.9 Å². The van der Waals surface area contributed by atoms with Gasteiger partial charge in [-0.2, -0.15) is 0 Å². The highest BCUT2D eigenvalue weighted by Crippen LogP contribution is 2.50. The molecule has 0 radical (unpaired) electrons. The topological polar surface area (TPSA) is 147 Å². The Bertz CT molecular complexity index is 1520. The first-order chi connectivity index (χ1) is 26.2. The van der Waals surface area contributed by atoms with E-state index in [9.17, 15) is 29.6 Å². The summed E-state index contributed by atoms with van der Waals surface area (Å²) >= 11 is 0. The predicted octanol–water partition coefficient (Wildman–Crippen LogP) is 7.43. The smallest absolute Gasteiger partial charge is 0.265 e. The first-order valence-corrected chi connectivity index (χ1v) is 20.9. The zero-order valence-electron chi connectivity index (χ0n) is 33.2. The Balaban J connectivity index is 0.000000823. The second-order valence-electron chi connectivity index (χ2n) is 14.7. The molecule has 0 saturated carbocycles. The number of unbranched alkanes of at least 4 members (excludes halogenated alkanes) is 5. The molecule has 4 N–H and O–H groups in total. The Hall–Kier alpha value is -3.50. The van der Waals surface area contributed by atoms with Gasteiger partial charge in [-0.1, -0.05) is 147 Å². The molecule has 55 heavy (non-hydrogen) atoms. The summed E-state index contributed by atoms with van der Waals surface area (Å²) in [5, 5.41) is 34.2. The molecule has 0 bridgehead atoms. The maximum absolute atomic E-state index is 14.2. The van der Waals surface area contributed by atoms with Gasteiger partial charge in [0.15, 0.2) is 11.4 Å². The van der Waals surface area contributed by atoms with Crippen molar-refractivity contribution in [3.05, 3.63) is 144 Å². The Kier molecular flexibility index (Phi) is 21.6. The van der Waals surface area contributed by atoms with E-state index in [1.807, 2.05) is 112 Å². The Morgan fingerprint density at radius 3 is 1.56 bits per heavy atom. The molecule has 0 aromatic heterocycles. The molecule has 0 aliphatic rings. The highest BCUT2D eigenvalue weighted by Gasteiger charge is 2.61. The van der Waals surface area contributed by atoms with Gasteiger partial charge in [0.05, 0.1) is 33.2 Å². The summed E-state index contributed by atoms with van der Waals surface area (Å²) in [6, 6.07) is 28.0. The molecular formula is C45H64NO8P. The molecule has 10 heteroatoms. The van der Waals surface area contributed by atoms with E-state index in [1.165, 1.54) is 19.3 Å². The number of nitrogens with zero attached hydrogens (tertiary/aromatic N) is 1. The third-order valence-corrected chi connectivity index (χ3v) is 9.84. The minimum Gasteiger partial charge on any atom is -0.756 e. The monoisotopic (exact) mass is 777 g/mol. The number of ketones is 1. The lowest BCUT2D eigenvalue weighted by Gasteiger charge is -2.49. The normalized spacial score (nSPS) is 15.1. The first kappa shape index (κ1) is 47.7. The number of quaternary nitrogens is 1. The standard InChI is InChI=1S/C40H50O4.C5H14NO4P/c1-2-3-4-5-6-7-8-9-10-11-12-13-14-15-25-32-37(42)40(44,38(43)33-41)39(34-26-19-16-20-27-34,35-28-21-17-22-29-35)36-30-23-18-24-31-36;1-6(2,3)4-5-10-11(7,8)9/h6-7,9-10,12-13,16-24,26-31,38,41,43-44H,2-5,8,11,14-15,25,32-33H2,1H3;4-5H2,1-3H3,(H-,7,8,9)/b7-6-,10-9-,13-12-;/t38-,40+;/m0./s1. The summed E-state index contributed by atoms with van der Waals surface area (Å²) in [5.74, 6) is -0.495. The fourth-order valence-corrected chi connectivity index (χ4v) is 6.77. The average Bonchev–Trinajstić information content (AvgIpc) is 3.16. The molecule has 0 aliphatic carbocycles. The molecule has 1 unspecified atom stereocenters. The van der Waals surface area contributed by atoms with Crippen molar-refractivity contribution in [3.63, 3.8) is 0 Å². The lowest BCUT2D eigenvalue weighted by atomic mass is 9.56. The molecule has 0 amide bonds. The van der Waals surface area contributed by atoms with Gasteiger partial charge in [-0.05, 0) is 61.6 Å². The third kappa shape index (κ3) is 15.9. The van der Waals surface area contributed by atoms with Gasteiger partial charge < -0.3 is 34.1 Å². The van der Waals surface area contributed by atoms with Crippen molar-refractivity contribution in [1.29, 1.82) is 0 Å². The van der Waals surface area contributed by atoms with Crippen molar-refractivity contribution in [2.75, 3.05) is 40.9 Å². The summed E-state index contributed by atoms with van der Waals surface area (Å²) < 4.78 is 14.8. The molecule has 3 rings (SSSR count). The van der Waals surface area contributed by atoms with Crippen LogP contribution in [0.2, 0.25) is 0 Å². The number of carbonyl (C=O) groups is 1. The first-order valence-electron chi connectivity index (χ1n) is 19.4. The van der Waals surface area contributed by atoms with Gasteiger partial charge in [0.25, 0.3) is 7.82 Å². The molecule has 9 nitrogen and oxygen atoms in total. The van der Waals surface area contributed by atoms with Crippen molar-refractivity contribution in [3.8, 4) is 0 Å².